The minimum Gasteiger partial charge on any atom is -1.00 e. The van der Waals surface area contributed by atoms with E-state index in [1.807, 2.05) is 37.3 Å². The highest BCUT2D eigenvalue weighted by atomic mass is 79.9. The number of nitrogens with one attached hydrogen (secondary N) is 6. The van der Waals surface area contributed by atoms with Gasteiger partial charge in [-0.2, -0.15) is 0 Å². The number of hydrogen-bond donors (Lipinski definition) is 6. The van der Waals surface area contributed by atoms with E-state index in [0.717, 1.165) is 208 Å². The molecule has 0 saturated heterocycles. The molecule has 0 spiro atoms. The smallest absolute Gasteiger partial charge is 0.338 e. The number of hydrogen-bond acceptors (Lipinski definition) is 12. The van der Waals surface area contributed by atoms with E-state index < -0.39 is 5.97 Å². The van der Waals surface area contributed by atoms with Gasteiger partial charge in [-0.1, -0.05) is 73.6 Å². The fourth-order valence-corrected chi connectivity index (χ4v) is 14.9. The average molecular weight is 1530 g/mol. The molecule has 0 unspecified atom stereocenters. The molecule has 6 aromatic rings. The molecular formula is C83H102Br2N8O10. The van der Waals surface area contributed by atoms with Crippen molar-refractivity contribution < 1.29 is 91.6 Å². The van der Waals surface area contributed by atoms with Crippen molar-refractivity contribution in [2.24, 2.45) is 0 Å². The van der Waals surface area contributed by atoms with Crippen LogP contribution in [-0.4, -0.2) is 108 Å². The standard InChI is InChI=1S/C46H52N4O6.C37H48N4O4.2BrH/c1-10-27-29(12-3)44-43(33-16-14-15-17-34(33)46(53)56-9)45-30(13-4)28(11-2)38(50-45)23-36-26(6)32(19-21-42(52)55-8)40(48-36)24-39-31(18-20-41(51)54-7)25(5)35(47-39)22-37(27)49-44;1-9-24-20-38-32(26(24)11-3)17-30-22(5)28(13-15-36(42)44-7)34(40-30)19-35-29(14-16-37(43)45-8)23(6)31(41-35)18-33-27(12-4)25(10-2)21-39-33;;/h14-17,22-24,47,50H,10-13,18-21H2,1-9H3;17-18,20-21,40-41H,9-16,19H2,1-8H3;2*1H/b;32-17-,33-18?;;. The summed E-state index contributed by atoms with van der Waals surface area (Å²) in [6, 6.07) is 13.8. The lowest BCUT2D eigenvalue weighted by atomic mass is 9.91. The molecule has 4 aliphatic heterocycles. The molecule has 1 aromatic carbocycles. The van der Waals surface area contributed by atoms with E-state index in [4.69, 9.17) is 33.7 Å². The van der Waals surface area contributed by atoms with E-state index >= 15 is 0 Å². The van der Waals surface area contributed by atoms with Crippen LogP contribution in [0.1, 0.15) is 233 Å². The number of nitrogens with zero attached hydrogens (tertiary/aromatic N) is 2. The second kappa shape index (κ2) is 36.9. The van der Waals surface area contributed by atoms with Crippen LogP contribution in [0.15, 0.2) is 76.2 Å². The van der Waals surface area contributed by atoms with Gasteiger partial charge >= 0.3 is 29.8 Å². The number of carbonyl (C=O) groups is 5. The second-order valence-corrected chi connectivity index (χ2v) is 25.8. The molecule has 4 aliphatic rings. The largest absolute Gasteiger partial charge is 1.00 e. The quantitative estimate of drug-likeness (QED) is 0.0224. The molecule has 0 amide bonds. The first-order valence-electron chi connectivity index (χ1n) is 35.9. The van der Waals surface area contributed by atoms with Gasteiger partial charge in [-0.3, -0.25) is 19.2 Å². The van der Waals surface area contributed by atoms with Gasteiger partial charge in [0, 0.05) is 117 Å². The van der Waals surface area contributed by atoms with Gasteiger partial charge in [0.2, 0.25) is 11.4 Å². The van der Waals surface area contributed by atoms with E-state index in [9.17, 15) is 24.0 Å². The Bertz CT molecular complexity index is 4570. The minimum absolute atomic E-state index is 0. The van der Waals surface area contributed by atoms with Crippen LogP contribution in [0.2, 0.25) is 0 Å². The Hall–Kier alpha value is -9.01. The van der Waals surface area contributed by atoms with Crippen molar-refractivity contribution in [3.05, 3.63) is 172 Å². The van der Waals surface area contributed by atoms with Crippen LogP contribution in [0.3, 0.4) is 0 Å². The number of halogens is 2. The molecule has 103 heavy (non-hydrogen) atoms. The predicted molar refractivity (Wildman–Crippen MR) is 403 cm³/mol. The van der Waals surface area contributed by atoms with Crippen LogP contribution in [0, 0.1) is 20.8 Å². The Morgan fingerprint density at radius 1 is 0.447 bits per heavy atom. The highest BCUT2D eigenvalue weighted by Crippen LogP contribution is 2.45. The molecule has 0 aliphatic carbocycles. The highest BCUT2D eigenvalue weighted by Gasteiger charge is 2.30. The molecular weight excluding hydrogens is 1430 g/mol. The van der Waals surface area contributed by atoms with Gasteiger partial charge < -0.3 is 77.6 Å². The molecule has 0 saturated carbocycles. The van der Waals surface area contributed by atoms with Crippen LogP contribution in [-0.2, 0) is 81.4 Å². The number of aromatic nitrogens is 6. The molecule has 9 heterocycles. The second-order valence-electron chi connectivity index (χ2n) is 25.8. The Labute approximate surface area is 627 Å². The van der Waals surface area contributed by atoms with Crippen molar-refractivity contribution in [3.8, 4) is 11.1 Å². The monoisotopic (exact) mass is 1530 g/mol. The summed E-state index contributed by atoms with van der Waals surface area (Å²) in [6.07, 6.45) is 19.1. The molecule has 8 bridgehead atoms. The number of aromatic amines is 4. The first kappa shape index (κ1) is 81.3. The van der Waals surface area contributed by atoms with Gasteiger partial charge in [-0.05, 0) is 196 Å². The summed E-state index contributed by atoms with van der Waals surface area (Å²) < 4.78 is 25.4. The SMILES string of the molecule is CCC1=C(CC)C(=Cc2[nH]c(Cc3[nH]c(/C=C4\[NH+]=CC(CC)=C4CC)c(C)c3CCC(=O)OC)c(CCC(=O)OC)c2C)[NH+]=C1.CCC1=C(CC)c2nc1cc1[nH]c(cc3nc(cc4[nH]c(c(CC)c4CC)c2-c2ccccc2C(=O)OC)C(C)=C3CCC(=O)OC)c(CCC(=O)OC)c1C.[Br-].[Br-]. The van der Waals surface area contributed by atoms with Gasteiger partial charge in [-0.15, -0.1) is 0 Å². The number of rotatable bonds is 26. The van der Waals surface area contributed by atoms with Crippen molar-refractivity contribution in [2.45, 2.75) is 192 Å². The molecule has 5 aromatic heterocycles. The predicted octanol–water partition coefficient (Wildman–Crippen LogP) is 7.94. The third kappa shape index (κ3) is 17.5. The fourth-order valence-electron chi connectivity index (χ4n) is 14.9. The molecule has 10 rings (SSSR count). The Morgan fingerprint density at radius 3 is 1.38 bits per heavy atom. The number of H-pyrrole nitrogens is 4. The molecule has 0 fully saturated rings. The maximum absolute atomic E-state index is 13.4. The lowest BCUT2D eigenvalue weighted by molar-refractivity contribution is -0.381. The number of aryl methyl sites for hydroxylation is 4. The van der Waals surface area contributed by atoms with E-state index in [0.29, 0.717) is 50.5 Å². The zero-order valence-corrected chi connectivity index (χ0v) is 66.3. The normalized spacial score (nSPS) is 14.0. The van der Waals surface area contributed by atoms with Gasteiger partial charge in [0.05, 0.1) is 69.4 Å². The van der Waals surface area contributed by atoms with Gasteiger partial charge in [0.25, 0.3) is 0 Å². The summed E-state index contributed by atoms with van der Waals surface area (Å²) in [7, 11) is 7.07. The van der Waals surface area contributed by atoms with E-state index in [1.54, 1.807) is 0 Å². The number of fused-ring (bicyclic) bond motifs is 8. The van der Waals surface area contributed by atoms with Crippen LogP contribution in [0.25, 0.3) is 67.6 Å². The van der Waals surface area contributed by atoms with E-state index in [2.05, 4.69) is 143 Å². The van der Waals surface area contributed by atoms with Crippen LogP contribution in [0.5, 0.6) is 0 Å². The third-order valence-corrected chi connectivity index (χ3v) is 20.5. The summed E-state index contributed by atoms with van der Waals surface area (Å²) >= 11 is 0. The minimum atomic E-state index is -0.423. The van der Waals surface area contributed by atoms with Crippen LogP contribution in [0.4, 0.5) is 0 Å². The lowest BCUT2D eigenvalue weighted by Crippen LogP contribution is -3.00. The van der Waals surface area contributed by atoms with Crippen molar-refractivity contribution in [3.63, 3.8) is 0 Å². The summed E-state index contributed by atoms with van der Waals surface area (Å²) in [4.78, 5) is 95.4. The number of benzene rings is 1. The Kier molecular flexibility index (Phi) is 29.1. The van der Waals surface area contributed by atoms with Gasteiger partial charge in [0.1, 0.15) is 0 Å². The average Bonchev–Trinajstić information content (AvgIpc) is 1.61. The first-order valence-corrected chi connectivity index (χ1v) is 35.9. The summed E-state index contributed by atoms with van der Waals surface area (Å²) in [5.41, 5.74) is 33.4. The summed E-state index contributed by atoms with van der Waals surface area (Å²) in [5.74, 6) is -1.47. The Morgan fingerprint density at radius 2 is 0.903 bits per heavy atom. The number of carbonyl (C=O) groups excluding carboxylic acids is 5. The molecule has 6 N–H and O–H groups in total. The molecule has 548 valence electrons. The third-order valence-electron chi connectivity index (χ3n) is 20.5. The van der Waals surface area contributed by atoms with Crippen LogP contribution >= 0.6 is 0 Å². The van der Waals surface area contributed by atoms with E-state index in [1.165, 1.54) is 57.8 Å². The molecule has 0 atom stereocenters. The van der Waals surface area contributed by atoms with Crippen molar-refractivity contribution >= 4 is 98.8 Å². The molecule has 0 radical (unpaired) electrons. The Balaban J connectivity index is 0.000000290. The zero-order chi connectivity index (χ0) is 72.9. The van der Waals surface area contributed by atoms with Crippen molar-refractivity contribution in [1.82, 2.24) is 29.9 Å². The van der Waals surface area contributed by atoms with Crippen molar-refractivity contribution in [2.75, 3.05) is 35.5 Å². The zero-order valence-electron chi connectivity index (χ0n) is 63.1. The number of methoxy groups -OCH3 is 5. The fraction of sp³-hybridized carbons (Fsp3) is 0.410. The summed E-state index contributed by atoms with van der Waals surface area (Å²) in [6.45, 7) is 25.7. The number of esters is 5. The number of ether oxygens (including phenoxy) is 5. The number of allylic oxidation sites excluding steroid dienone is 8. The van der Waals surface area contributed by atoms with Gasteiger partial charge in [0.15, 0.2) is 12.4 Å². The van der Waals surface area contributed by atoms with Crippen molar-refractivity contribution in [1.29, 1.82) is 0 Å². The molecule has 18 nitrogen and oxygen atoms in total. The maximum atomic E-state index is 13.4. The van der Waals surface area contributed by atoms with E-state index in [-0.39, 0.29) is 70.7 Å². The highest BCUT2D eigenvalue weighted by molar-refractivity contribution is 6.07. The topological polar surface area (TPSA) is 248 Å². The maximum Gasteiger partial charge on any atom is 0.338 e. The molecule has 20 heteroatoms. The first-order chi connectivity index (χ1) is 48.7. The van der Waals surface area contributed by atoms with Gasteiger partial charge in [-0.25, -0.2) is 24.7 Å². The summed E-state index contributed by atoms with van der Waals surface area (Å²) in [5, 5.41) is 0. The van der Waals surface area contributed by atoms with Crippen LogP contribution < -0.4 is 43.9 Å². The lowest BCUT2D eigenvalue weighted by Gasteiger charge is -2.13.